The predicted octanol–water partition coefficient (Wildman–Crippen LogP) is 1.82. The molecule has 4 nitrogen and oxygen atoms in total. The minimum atomic E-state index is -3.09. The summed E-state index contributed by atoms with van der Waals surface area (Å²) < 4.78 is 25.8. The van der Waals surface area contributed by atoms with Crippen molar-refractivity contribution in [2.75, 3.05) is 18.8 Å². The molecule has 0 bridgehead atoms. The van der Waals surface area contributed by atoms with E-state index in [0.29, 0.717) is 19.0 Å². The van der Waals surface area contributed by atoms with Crippen LogP contribution in [-0.2, 0) is 10.0 Å². The summed E-state index contributed by atoms with van der Waals surface area (Å²) in [6.07, 6.45) is 1.53. The highest BCUT2D eigenvalue weighted by atomic mass is 32.2. The number of hydrogen-bond acceptors (Lipinski definition) is 3. The number of nitrogens with one attached hydrogen (secondary N) is 1. The van der Waals surface area contributed by atoms with Crippen molar-refractivity contribution in [3.05, 3.63) is 0 Å². The van der Waals surface area contributed by atoms with Gasteiger partial charge in [-0.15, -0.1) is 0 Å². The van der Waals surface area contributed by atoms with Gasteiger partial charge in [0.05, 0.1) is 5.75 Å². The van der Waals surface area contributed by atoms with Gasteiger partial charge in [0.25, 0.3) is 0 Å². The van der Waals surface area contributed by atoms with Crippen molar-refractivity contribution in [3.8, 4) is 0 Å². The Hall–Kier alpha value is -0.130. The fourth-order valence-corrected chi connectivity index (χ4v) is 3.58. The maximum absolute atomic E-state index is 12.1. The second kappa shape index (κ2) is 8.06. The lowest BCUT2D eigenvalue weighted by atomic mass is 10.3. The van der Waals surface area contributed by atoms with Gasteiger partial charge in [0.15, 0.2) is 0 Å². The molecule has 0 aliphatic rings. The average Bonchev–Trinajstić information content (AvgIpc) is 2.24. The van der Waals surface area contributed by atoms with Crippen molar-refractivity contribution < 1.29 is 8.42 Å². The Bertz CT molecular complexity index is 289. The molecule has 0 aromatic heterocycles. The third-order valence-corrected chi connectivity index (χ3v) is 5.02. The van der Waals surface area contributed by atoms with Crippen LogP contribution in [0, 0.1) is 0 Å². The number of sulfonamides is 1. The van der Waals surface area contributed by atoms with Crippen LogP contribution in [0.5, 0.6) is 0 Å². The summed E-state index contributed by atoms with van der Waals surface area (Å²) in [7, 11) is -3.09. The SMILES string of the molecule is CCC(C)N(CC)S(=O)(=O)CCCNC(C)C. The first-order chi connectivity index (χ1) is 7.85. The van der Waals surface area contributed by atoms with Gasteiger partial charge in [-0.25, -0.2) is 8.42 Å². The molecule has 0 saturated carbocycles. The number of hydrogen-bond donors (Lipinski definition) is 1. The third kappa shape index (κ3) is 6.38. The summed E-state index contributed by atoms with van der Waals surface area (Å²) in [5.74, 6) is 0.241. The Morgan fingerprint density at radius 1 is 1.18 bits per heavy atom. The van der Waals surface area contributed by atoms with E-state index in [1.54, 1.807) is 4.31 Å². The molecule has 0 aliphatic carbocycles. The van der Waals surface area contributed by atoms with E-state index in [9.17, 15) is 8.42 Å². The van der Waals surface area contributed by atoms with Gasteiger partial charge < -0.3 is 5.32 Å². The highest BCUT2D eigenvalue weighted by Gasteiger charge is 2.23. The molecule has 0 fully saturated rings. The van der Waals surface area contributed by atoms with Crippen LogP contribution in [0.2, 0.25) is 0 Å². The molecule has 0 heterocycles. The monoisotopic (exact) mass is 264 g/mol. The number of nitrogens with zero attached hydrogens (tertiary/aromatic N) is 1. The minimum absolute atomic E-state index is 0.100. The van der Waals surface area contributed by atoms with Crippen LogP contribution in [0.4, 0.5) is 0 Å². The quantitative estimate of drug-likeness (QED) is 0.646. The Morgan fingerprint density at radius 2 is 1.76 bits per heavy atom. The largest absolute Gasteiger partial charge is 0.314 e. The topological polar surface area (TPSA) is 49.4 Å². The van der Waals surface area contributed by atoms with Crippen LogP contribution in [-0.4, -0.2) is 43.6 Å². The second-order valence-corrected chi connectivity index (χ2v) is 6.78. The molecular weight excluding hydrogens is 236 g/mol. The van der Waals surface area contributed by atoms with Crippen LogP contribution in [0.1, 0.15) is 47.5 Å². The van der Waals surface area contributed by atoms with Crippen molar-refractivity contribution in [1.82, 2.24) is 9.62 Å². The zero-order valence-corrected chi connectivity index (χ0v) is 12.7. The molecular formula is C12H28N2O2S. The molecule has 0 amide bonds. The van der Waals surface area contributed by atoms with Crippen molar-refractivity contribution in [1.29, 1.82) is 0 Å². The lowest BCUT2D eigenvalue weighted by molar-refractivity contribution is 0.342. The summed E-state index contributed by atoms with van der Waals surface area (Å²) in [5, 5.41) is 3.24. The lowest BCUT2D eigenvalue weighted by Gasteiger charge is -2.26. The fourth-order valence-electron chi connectivity index (χ4n) is 1.75. The lowest BCUT2D eigenvalue weighted by Crippen LogP contribution is -2.40. The van der Waals surface area contributed by atoms with E-state index in [1.165, 1.54) is 0 Å². The molecule has 0 aromatic rings. The van der Waals surface area contributed by atoms with Crippen LogP contribution >= 0.6 is 0 Å². The first-order valence-electron chi connectivity index (χ1n) is 6.58. The van der Waals surface area contributed by atoms with E-state index in [4.69, 9.17) is 0 Å². The molecule has 17 heavy (non-hydrogen) atoms. The van der Waals surface area contributed by atoms with Gasteiger partial charge in [-0.3, -0.25) is 0 Å². The van der Waals surface area contributed by atoms with E-state index in [2.05, 4.69) is 19.2 Å². The van der Waals surface area contributed by atoms with Gasteiger partial charge in [0.1, 0.15) is 0 Å². The first-order valence-corrected chi connectivity index (χ1v) is 8.18. The minimum Gasteiger partial charge on any atom is -0.314 e. The van der Waals surface area contributed by atoms with E-state index in [0.717, 1.165) is 13.0 Å². The smallest absolute Gasteiger partial charge is 0.214 e. The van der Waals surface area contributed by atoms with E-state index in [-0.39, 0.29) is 11.8 Å². The Balaban J connectivity index is 4.25. The number of rotatable bonds is 9. The van der Waals surface area contributed by atoms with Gasteiger partial charge in [0.2, 0.25) is 10.0 Å². The summed E-state index contributed by atoms with van der Waals surface area (Å²) in [5.41, 5.74) is 0. The Labute approximate surface area is 107 Å². The summed E-state index contributed by atoms with van der Waals surface area (Å²) in [4.78, 5) is 0. The molecule has 0 spiro atoms. The van der Waals surface area contributed by atoms with Crippen molar-refractivity contribution in [3.63, 3.8) is 0 Å². The maximum atomic E-state index is 12.1. The van der Waals surface area contributed by atoms with Gasteiger partial charge in [-0.1, -0.05) is 27.7 Å². The molecule has 0 aliphatic heterocycles. The fraction of sp³-hybridized carbons (Fsp3) is 1.00. The van der Waals surface area contributed by atoms with Crippen LogP contribution in [0.3, 0.4) is 0 Å². The van der Waals surface area contributed by atoms with E-state index in [1.807, 2.05) is 20.8 Å². The van der Waals surface area contributed by atoms with Gasteiger partial charge in [-0.2, -0.15) is 4.31 Å². The molecule has 0 saturated heterocycles. The predicted molar refractivity (Wildman–Crippen MR) is 73.7 cm³/mol. The van der Waals surface area contributed by atoms with Crippen molar-refractivity contribution in [2.24, 2.45) is 0 Å². The second-order valence-electron chi connectivity index (χ2n) is 4.74. The highest BCUT2D eigenvalue weighted by molar-refractivity contribution is 7.89. The summed E-state index contributed by atoms with van der Waals surface area (Å²) >= 11 is 0. The molecule has 1 unspecified atom stereocenters. The molecule has 0 aromatic carbocycles. The zero-order valence-electron chi connectivity index (χ0n) is 11.9. The van der Waals surface area contributed by atoms with Gasteiger partial charge >= 0.3 is 0 Å². The molecule has 104 valence electrons. The van der Waals surface area contributed by atoms with Gasteiger partial charge in [-0.05, 0) is 26.3 Å². The Kier molecular flexibility index (Phi) is 8.00. The van der Waals surface area contributed by atoms with E-state index >= 15 is 0 Å². The molecule has 1 N–H and O–H groups in total. The normalized spacial score (nSPS) is 14.5. The van der Waals surface area contributed by atoms with Crippen LogP contribution in [0.25, 0.3) is 0 Å². The molecule has 0 radical (unpaired) electrons. The van der Waals surface area contributed by atoms with Crippen molar-refractivity contribution in [2.45, 2.75) is 59.5 Å². The summed E-state index contributed by atoms with van der Waals surface area (Å²) in [6.45, 7) is 11.3. The Morgan fingerprint density at radius 3 is 2.18 bits per heavy atom. The highest BCUT2D eigenvalue weighted by Crippen LogP contribution is 2.11. The summed E-state index contributed by atoms with van der Waals surface area (Å²) in [6, 6.07) is 0.512. The van der Waals surface area contributed by atoms with Crippen LogP contribution in [0.15, 0.2) is 0 Å². The average molecular weight is 264 g/mol. The standard InChI is InChI=1S/C12H28N2O2S/c1-6-12(5)14(7-2)17(15,16)10-8-9-13-11(3)4/h11-13H,6-10H2,1-5H3. The maximum Gasteiger partial charge on any atom is 0.214 e. The van der Waals surface area contributed by atoms with Crippen molar-refractivity contribution >= 4 is 10.0 Å². The molecule has 5 heteroatoms. The van der Waals surface area contributed by atoms with E-state index < -0.39 is 10.0 Å². The molecule has 1 atom stereocenters. The van der Waals surface area contributed by atoms with Crippen LogP contribution < -0.4 is 5.32 Å². The first kappa shape index (κ1) is 16.9. The third-order valence-electron chi connectivity index (χ3n) is 2.88. The zero-order chi connectivity index (χ0) is 13.5. The molecule has 0 rings (SSSR count). The van der Waals surface area contributed by atoms with Gasteiger partial charge in [0, 0.05) is 18.6 Å².